The Hall–Kier alpha value is -0.330. The van der Waals surface area contributed by atoms with Gasteiger partial charge in [-0.2, -0.15) is 0 Å². The third kappa shape index (κ3) is 4.33. The summed E-state index contributed by atoms with van der Waals surface area (Å²) in [4.78, 5) is 14.8. The van der Waals surface area contributed by atoms with E-state index in [1.165, 1.54) is 0 Å². The number of nitrogens with one attached hydrogen (secondary N) is 1. The molecule has 0 aliphatic carbocycles. The highest BCUT2D eigenvalue weighted by atomic mass is 127. The van der Waals surface area contributed by atoms with Gasteiger partial charge >= 0.3 is 0 Å². The van der Waals surface area contributed by atoms with Crippen LogP contribution < -0.4 is 5.32 Å². The maximum absolute atomic E-state index is 12.8. The Kier molecular flexibility index (Phi) is 7.84. The van der Waals surface area contributed by atoms with Gasteiger partial charge in [-0.15, -0.1) is 12.4 Å². The Bertz CT molecular complexity index is 436. The molecule has 1 aliphatic rings. The predicted octanol–water partition coefficient (Wildman–Crippen LogP) is 3.32. The molecular formula is C15H22ClIN2O. The number of piperidine rings is 1. The van der Waals surface area contributed by atoms with Crippen LogP contribution in [0, 0.1) is 3.57 Å². The van der Waals surface area contributed by atoms with E-state index in [1.807, 2.05) is 24.3 Å². The molecule has 0 atom stereocenters. The summed E-state index contributed by atoms with van der Waals surface area (Å²) < 4.78 is 1.04. The fourth-order valence-electron chi connectivity index (χ4n) is 2.60. The molecule has 0 bridgehead atoms. The average molecular weight is 409 g/mol. The first-order valence-corrected chi connectivity index (χ1v) is 8.08. The van der Waals surface area contributed by atoms with Crippen molar-refractivity contribution in [2.45, 2.75) is 32.2 Å². The standard InChI is InChI=1S/C15H21IN2O.ClH/c1-2-11-18(12-7-9-17-10-8-12)15(19)13-5-3-4-6-14(13)16;/h3-6,12,17H,2,7-11H2,1H3;1H. The molecular weight excluding hydrogens is 387 g/mol. The summed E-state index contributed by atoms with van der Waals surface area (Å²) in [5.74, 6) is 0.193. The summed E-state index contributed by atoms with van der Waals surface area (Å²) in [6, 6.07) is 8.26. The molecule has 0 unspecified atom stereocenters. The lowest BCUT2D eigenvalue weighted by Gasteiger charge is -2.34. The fourth-order valence-corrected chi connectivity index (χ4v) is 3.22. The number of carbonyl (C=O) groups excluding carboxylic acids is 1. The summed E-state index contributed by atoms with van der Waals surface area (Å²) >= 11 is 2.25. The Balaban J connectivity index is 0.00000200. The van der Waals surface area contributed by atoms with E-state index in [0.29, 0.717) is 6.04 Å². The molecule has 1 aromatic rings. The van der Waals surface area contributed by atoms with E-state index in [-0.39, 0.29) is 18.3 Å². The van der Waals surface area contributed by atoms with Crippen LogP contribution in [0.15, 0.2) is 24.3 Å². The molecule has 1 saturated heterocycles. The molecule has 1 aliphatic heterocycles. The van der Waals surface area contributed by atoms with Gasteiger partial charge in [0.05, 0.1) is 5.56 Å². The van der Waals surface area contributed by atoms with Gasteiger partial charge < -0.3 is 10.2 Å². The molecule has 1 aromatic carbocycles. The first-order valence-electron chi connectivity index (χ1n) is 7.00. The molecule has 20 heavy (non-hydrogen) atoms. The van der Waals surface area contributed by atoms with E-state index in [9.17, 15) is 4.79 Å². The summed E-state index contributed by atoms with van der Waals surface area (Å²) in [5, 5.41) is 3.36. The molecule has 1 amide bonds. The summed E-state index contributed by atoms with van der Waals surface area (Å²) in [7, 11) is 0. The van der Waals surface area contributed by atoms with Crippen LogP contribution in [0.5, 0.6) is 0 Å². The Morgan fingerprint density at radius 3 is 2.60 bits per heavy atom. The van der Waals surface area contributed by atoms with Crippen molar-refractivity contribution in [1.82, 2.24) is 10.2 Å². The normalized spacial score (nSPS) is 15.5. The van der Waals surface area contributed by atoms with Crippen molar-refractivity contribution in [2.24, 2.45) is 0 Å². The van der Waals surface area contributed by atoms with Gasteiger partial charge in [0.25, 0.3) is 5.91 Å². The van der Waals surface area contributed by atoms with Crippen LogP contribution in [0.3, 0.4) is 0 Å². The minimum atomic E-state index is 0. The zero-order valence-electron chi connectivity index (χ0n) is 11.8. The van der Waals surface area contributed by atoms with Crippen molar-refractivity contribution in [1.29, 1.82) is 0 Å². The Labute approximate surface area is 141 Å². The molecule has 1 N–H and O–H groups in total. The molecule has 0 saturated carbocycles. The van der Waals surface area contributed by atoms with E-state index < -0.39 is 0 Å². The van der Waals surface area contributed by atoms with Crippen LogP contribution in [0.4, 0.5) is 0 Å². The maximum atomic E-state index is 12.8. The van der Waals surface area contributed by atoms with E-state index in [4.69, 9.17) is 0 Å². The minimum absolute atomic E-state index is 0. The summed E-state index contributed by atoms with van der Waals surface area (Å²) in [6.07, 6.45) is 3.14. The monoisotopic (exact) mass is 408 g/mol. The summed E-state index contributed by atoms with van der Waals surface area (Å²) in [6.45, 7) is 5.03. The van der Waals surface area contributed by atoms with Crippen LogP contribution >= 0.6 is 35.0 Å². The van der Waals surface area contributed by atoms with E-state index in [2.05, 4.69) is 39.7 Å². The van der Waals surface area contributed by atoms with Gasteiger partial charge in [0.2, 0.25) is 0 Å². The molecule has 5 heteroatoms. The lowest BCUT2D eigenvalue weighted by atomic mass is 10.0. The Morgan fingerprint density at radius 2 is 2.00 bits per heavy atom. The number of amides is 1. The van der Waals surface area contributed by atoms with Crippen molar-refractivity contribution in [3.63, 3.8) is 0 Å². The van der Waals surface area contributed by atoms with Crippen molar-refractivity contribution < 1.29 is 4.79 Å². The number of hydrogen-bond donors (Lipinski definition) is 1. The molecule has 0 radical (unpaired) electrons. The van der Waals surface area contributed by atoms with Gasteiger partial charge in [0.15, 0.2) is 0 Å². The van der Waals surface area contributed by atoms with Crippen molar-refractivity contribution in [2.75, 3.05) is 19.6 Å². The van der Waals surface area contributed by atoms with Gasteiger partial charge in [-0.1, -0.05) is 19.1 Å². The highest BCUT2D eigenvalue weighted by molar-refractivity contribution is 14.1. The van der Waals surface area contributed by atoms with Gasteiger partial charge in [-0.25, -0.2) is 0 Å². The molecule has 3 nitrogen and oxygen atoms in total. The van der Waals surface area contributed by atoms with Crippen LogP contribution in [-0.4, -0.2) is 36.5 Å². The van der Waals surface area contributed by atoms with Crippen LogP contribution in [0.1, 0.15) is 36.5 Å². The first kappa shape index (κ1) is 17.7. The molecule has 2 rings (SSSR count). The number of hydrogen-bond acceptors (Lipinski definition) is 2. The quantitative estimate of drug-likeness (QED) is 0.775. The molecule has 112 valence electrons. The van der Waals surface area contributed by atoms with E-state index in [0.717, 1.165) is 48.0 Å². The first-order chi connectivity index (χ1) is 9.24. The second-order valence-electron chi connectivity index (χ2n) is 4.96. The third-order valence-electron chi connectivity index (χ3n) is 3.58. The van der Waals surface area contributed by atoms with Gasteiger partial charge in [0, 0.05) is 16.2 Å². The lowest BCUT2D eigenvalue weighted by molar-refractivity contribution is 0.0641. The average Bonchev–Trinajstić information content (AvgIpc) is 2.45. The molecule has 1 heterocycles. The maximum Gasteiger partial charge on any atom is 0.255 e. The molecule has 0 spiro atoms. The molecule has 1 fully saturated rings. The number of nitrogens with zero attached hydrogens (tertiary/aromatic N) is 1. The largest absolute Gasteiger partial charge is 0.336 e. The highest BCUT2D eigenvalue weighted by Crippen LogP contribution is 2.19. The highest BCUT2D eigenvalue weighted by Gasteiger charge is 2.26. The van der Waals surface area contributed by atoms with Gasteiger partial charge in [0.1, 0.15) is 0 Å². The lowest BCUT2D eigenvalue weighted by Crippen LogP contribution is -2.46. The van der Waals surface area contributed by atoms with Crippen molar-refractivity contribution >= 4 is 40.9 Å². The second-order valence-corrected chi connectivity index (χ2v) is 6.12. The minimum Gasteiger partial charge on any atom is -0.336 e. The van der Waals surface area contributed by atoms with Crippen molar-refractivity contribution in [3.05, 3.63) is 33.4 Å². The fraction of sp³-hybridized carbons (Fsp3) is 0.533. The van der Waals surface area contributed by atoms with Gasteiger partial charge in [-0.3, -0.25) is 4.79 Å². The third-order valence-corrected chi connectivity index (χ3v) is 4.52. The number of carbonyl (C=O) groups is 1. The van der Waals surface area contributed by atoms with Crippen LogP contribution in [0.2, 0.25) is 0 Å². The smallest absolute Gasteiger partial charge is 0.255 e. The SMILES string of the molecule is CCCN(C(=O)c1ccccc1I)C1CCNCC1.Cl. The Morgan fingerprint density at radius 1 is 1.35 bits per heavy atom. The number of rotatable bonds is 4. The van der Waals surface area contributed by atoms with Crippen LogP contribution in [-0.2, 0) is 0 Å². The topological polar surface area (TPSA) is 32.3 Å². The molecule has 0 aromatic heterocycles. The predicted molar refractivity (Wildman–Crippen MR) is 93.6 cm³/mol. The van der Waals surface area contributed by atoms with Crippen LogP contribution in [0.25, 0.3) is 0 Å². The number of benzene rings is 1. The number of halogens is 2. The van der Waals surface area contributed by atoms with E-state index in [1.54, 1.807) is 0 Å². The zero-order valence-corrected chi connectivity index (χ0v) is 14.7. The second kappa shape index (κ2) is 8.85. The zero-order chi connectivity index (χ0) is 13.7. The van der Waals surface area contributed by atoms with Gasteiger partial charge in [-0.05, 0) is 67.1 Å². The van der Waals surface area contributed by atoms with E-state index >= 15 is 0 Å². The van der Waals surface area contributed by atoms with Crippen molar-refractivity contribution in [3.8, 4) is 0 Å². The summed E-state index contributed by atoms with van der Waals surface area (Å²) in [5.41, 5.74) is 0.843.